The lowest BCUT2D eigenvalue weighted by atomic mass is 10.1. The van der Waals surface area contributed by atoms with E-state index in [2.05, 4.69) is 21.2 Å². The second-order valence-electron chi connectivity index (χ2n) is 7.43. The Morgan fingerprint density at radius 3 is 2.42 bits per heavy atom. The van der Waals surface area contributed by atoms with Crippen molar-refractivity contribution in [1.29, 1.82) is 5.26 Å². The molecule has 0 aliphatic carbocycles. The lowest BCUT2D eigenvalue weighted by Crippen LogP contribution is -2.24. The maximum atomic E-state index is 12.7. The molecule has 3 aromatic rings. The number of nitrogens with one attached hydrogen (secondary N) is 1. The number of methoxy groups -OCH3 is 3. The first kappa shape index (κ1) is 26.9. The van der Waals surface area contributed by atoms with Crippen LogP contribution in [0.25, 0.3) is 6.08 Å². The Morgan fingerprint density at radius 1 is 1.00 bits per heavy atom. The second-order valence-corrected chi connectivity index (χ2v) is 8.70. The molecule has 9 heteroatoms. The topological polar surface area (TPSA) is 89.8 Å². The smallest absolute Gasteiger partial charge is 0.262 e. The highest BCUT2D eigenvalue weighted by molar-refractivity contribution is 9.10. The van der Waals surface area contributed by atoms with Crippen LogP contribution in [0.15, 0.2) is 64.6 Å². The largest absolute Gasteiger partial charge is 0.497 e. The van der Waals surface area contributed by atoms with Crippen molar-refractivity contribution in [2.24, 2.45) is 0 Å². The minimum atomic E-state index is -0.528. The average molecular weight is 572 g/mol. The van der Waals surface area contributed by atoms with E-state index in [-0.39, 0.29) is 18.7 Å². The van der Waals surface area contributed by atoms with E-state index < -0.39 is 5.91 Å². The van der Waals surface area contributed by atoms with Gasteiger partial charge in [0.15, 0.2) is 11.5 Å². The number of hydrogen-bond acceptors (Lipinski definition) is 6. The van der Waals surface area contributed by atoms with Crippen LogP contribution in [0.3, 0.4) is 0 Å². The van der Waals surface area contributed by atoms with Gasteiger partial charge in [-0.3, -0.25) is 4.79 Å². The highest BCUT2D eigenvalue weighted by Crippen LogP contribution is 2.35. The van der Waals surface area contributed by atoms with E-state index in [0.29, 0.717) is 38.1 Å². The predicted octanol–water partition coefficient (Wildman–Crippen LogP) is 5.93. The highest BCUT2D eigenvalue weighted by Gasteiger charge is 2.15. The number of nitrogens with zero attached hydrogens (tertiary/aromatic N) is 1. The number of amides is 1. The molecule has 7 nitrogen and oxygen atoms in total. The monoisotopic (exact) mass is 570 g/mol. The van der Waals surface area contributed by atoms with Crippen LogP contribution in [0.5, 0.6) is 23.0 Å². The van der Waals surface area contributed by atoms with Crippen molar-refractivity contribution in [3.05, 3.63) is 86.4 Å². The summed E-state index contributed by atoms with van der Waals surface area (Å²) in [5.74, 6) is 1.60. The number of carbonyl (C=O) groups is 1. The Kier molecular flexibility index (Phi) is 9.62. The van der Waals surface area contributed by atoms with Crippen molar-refractivity contribution in [3.8, 4) is 29.1 Å². The van der Waals surface area contributed by atoms with E-state index in [1.165, 1.54) is 20.3 Å². The molecule has 0 radical (unpaired) electrons. The Balaban J connectivity index is 1.77. The van der Waals surface area contributed by atoms with E-state index in [4.69, 9.17) is 30.5 Å². The number of carbonyl (C=O) groups excluding carboxylic acids is 1. The van der Waals surface area contributed by atoms with Crippen molar-refractivity contribution in [1.82, 2.24) is 5.32 Å². The van der Waals surface area contributed by atoms with Gasteiger partial charge in [-0.25, -0.2) is 0 Å². The molecule has 0 spiro atoms. The third-order valence-corrected chi connectivity index (χ3v) is 6.28. The summed E-state index contributed by atoms with van der Waals surface area (Å²) in [4.78, 5) is 12.7. The first-order valence-corrected chi connectivity index (χ1v) is 11.9. The summed E-state index contributed by atoms with van der Waals surface area (Å²) in [5, 5.41) is 13.0. The fraction of sp³-hybridized carbons (Fsp3) is 0.185. The summed E-state index contributed by atoms with van der Waals surface area (Å²) in [5.41, 5.74) is 2.07. The lowest BCUT2D eigenvalue weighted by molar-refractivity contribution is -0.117. The quantitative estimate of drug-likeness (QED) is 0.240. The first-order chi connectivity index (χ1) is 17.4. The molecule has 3 aromatic carbocycles. The number of nitriles is 1. The molecule has 0 atom stereocenters. The second kappa shape index (κ2) is 12.9. The fourth-order valence-electron chi connectivity index (χ4n) is 3.28. The van der Waals surface area contributed by atoms with Gasteiger partial charge in [-0.1, -0.05) is 45.7 Å². The van der Waals surface area contributed by atoms with E-state index in [0.717, 1.165) is 11.1 Å². The zero-order chi connectivity index (χ0) is 26.1. The molecule has 0 unspecified atom stereocenters. The van der Waals surface area contributed by atoms with Gasteiger partial charge in [0.1, 0.15) is 29.7 Å². The molecule has 186 valence electrons. The average Bonchev–Trinajstić information content (AvgIpc) is 2.90. The molecule has 0 aromatic heterocycles. The SMILES string of the molecule is COc1ccc(CNC(=O)/C(C#N)=C/c2cc(OC)c(OCc3ccccc3Cl)cc2Br)c(OC)c1. The van der Waals surface area contributed by atoms with Gasteiger partial charge in [0.25, 0.3) is 5.91 Å². The summed E-state index contributed by atoms with van der Waals surface area (Å²) in [6.45, 7) is 0.419. The molecule has 0 bridgehead atoms. The van der Waals surface area contributed by atoms with Crippen LogP contribution < -0.4 is 24.3 Å². The van der Waals surface area contributed by atoms with Crippen LogP contribution in [0.4, 0.5) is 0 Å². The number of ether oxygens (including phenoxy) is 4. The van der Waals surface area contributed by atoms with Gasteiger partial charge in [0.05, 0.1) is 21.3 Å². The summed E-state index contributed by atoms with van der Waals surface area (Å²) >= 11 is 9.70. The van der Waals surface area contributed by atoms with Crippen LogP contribution in [0.1, 0.15) is 16.7 Å². The molecule has 0 aliphatic heterocycles. The van der Waals surface area contributed by atoms with Gasteiger partial charge < -0.3 is 24.3 Å². The van der Waals surface area contributed by atoms with Crippen LogP contribution in [-0.2, 0) is 17.9 Å². The third-order valence-electron chi connectivity index (χ3n) is 5.22. The van der Waals surface area contributed by atoms with E-state index in [9.17, 15) is 10.1 Å². The summed E-state index contributed by atoms with van der Waals surface area (Å²) in [6.07, 6.45) is 1.48. The fourth-order valence-corrected chi connectivity index (χ4v) is 3.90. The molecule has 0 saturated heterocycles. The molecule has 3 rings (SSSR count). The molecule has 1 amide bonds. The minimum Gasteiger partial charge on any atom is -0.497 e. The van der Waals surface area contributed by atoms with Gasteiger partial charge in [-0.05, 0) is 42.0 Å². The van der Waals surface area contributed by atoms with Gasteiger partial charge in [0.2, 0.25) is 0 Å². The van der Waals surface area contributed by atoms with Crippen LogP contribution >= 0.6 is 27.5 Å². The Labute approximate surface area is 223 Å². The number of halogens is 2. The summed E-state index contributed by atoms with van der Waals surface area (Å²) in [7, 11) is 4.61. The van der Waals surface area contributed by atoms with E-state index in [1.54, 1.807) is 43.5 Å². The molecule has 0 heterocycles. The van der Waals surface area contributed by atoms with Crippen molar-refractivity contribution in [3.63, 3.8) is 0 Å². The van der Waals surface area contributed by atoms with Crippen LogP contribution in [-0.4, -0.2) is 27.2 Å². The van der Waals surface area contributed by atoms with Crippen molar-refractivity contribution in [2.45, 2.75) is 13.2 Å². The highest BCUT2D eigenvalue weighted by atomic mass is 79.9. The van der Waals surface area contributed by atoms with Gasteiger partial charge in [-0.15, -0.1) is 0 Å². The Morgan fingerprint density at radius 2 is 1.75 bits per heavy atom. The maximum absolute atomic E-state index is 12.7. The Bertz CT molecular complexity index is 1320. The molecular weight excluding hydrogens is 548 g/mol. The van der Waals surface area contributed by atoms with E-state index >= 15 is 0 Å². The summed E-state index contributed by atoms with van der Waals surface area (Å²) < 4.78 is 22.6. The van der Waals surface area contributed by atoms with Crippen molar-refractivity contribution >= 4 is 39.5 Å². The predicted molar refractivity (Wildman–Crippen MR) is 141 cm³/mol. The maximum Gasteiger partial charge on any atom is 0.262 e. The molecule has 0 fully saturated rings. The Hall–Kier alpha value is -3.67. The van der Waals surface area contributed by atoms with Gasteiger partial charge >= 0.3 is 0 Å². The van der Waals surface area contributed by atoms with Gasteiger partial charge in [0, 0.05) is 33.2 Å². The summed E-state index contributed by atoms with van der Waals surface area (Å²) in [6, 6.07) is 18.0. The van der Waals surface area contributed by atoms with Crippen LogP contribution in [0, 0.1) is 11.3 Å². The first-order valence-electron chi connectivity index (χ1n) is 10.7. The van der Waals surface area contributed by atoms with Crippen molar-refractivity contribution in [2.75, 3.05) is 21.3 Å². The molecule has 36 heavy (non-hydrogen) atoms. The molecule has 0 aliphatic rings. The number of rotatable bonds is 10. The molecule has 0 saturated carbocycles. The number of hydrogen-bond donors (Lipinski definition) is 1. The van der Waals surface area contributed by atoms with Crippen molar-refractivity contribution < 1.29 is 23.7 Å². The zero-order valence-corrected chi connectivity index (χ0v) is 22.3. The normalized spacial score (nSPS) is 10.8. The standard InChI is InChI=1S/C27H24BrClN2O5/c1-33-21-9-8-17(24(12-21)34-2)15-31-27(32)20(14-30)10-19-11-25(35-3)26(13-22(19)28)36-16-18-6-4-5-7-23(18)29/h4-13H,15-16H2,1-3H3,(H,31,32)/b20-10+. The molecular formula is C27H24BrClN2O5. The van der Waals surface area contributed by atoms with E-state index in [1.807, 2.05) is 24.3 Å². The van der Waals surface area contributed by atoms with Crippen LogP contribution in [0.2, 0.25) is 5.02 Å². The van der Waals surface area contributed by atoms with Gasteiger partial charge in [-0.2, -0.15) is 5.26 Å². The third kappa shape index (κ3) is 6.72. The zero-order valence-electron chi connectivity index (χ0n) is 19.9. The number of benzene rings is 3. The molecule has 1 N–H and O–H groups in total. The minimum absolute atomic E-state index is 0.0741. The lowest BCUT2D eigenvalue weighted by Gasteiger charge is -2.14.